The van der Waals surface area contributed by atoms with Crippen molar-refractivity contribution >= 4 is 17.2 Å². The number of carbonyl (C=O) groups excluding carboxylic acids is 1. The summed E-state index contributed by atoms with van der Waals surface area (Å²) < 4.78 is 0. The molecule has 1 aromatic heterocycles. The molecule has 0 spiro atoms. The van der Waals surface area contributed by atoms with Crippen LogP contribution in [0.2, 0.25) is 0 Å². The van der Waals surface area contributed by atoms with E-state index in [0.29, 0.717) is 11.5 Å². The monoisotopic (exact) mass is 279 g/mol. The molecule has 2 N–H and O–H groups in total. The quantitative estimate of drug-likeness (QED) is 0.814. The smallest absolute Gasteiger partial charge is 0.252 e. The Morgan fingerprint density at radius 3 is 2.79 bits per heavy atom. The average Bonchev–Trinajstić information content (AvgIpc) is 2.82. The van der Waals surface area contributed by atoms with Crippen molar-refractivity contribution in [3.8, 4) is 11.8 Å². The molecule has 1 atom stereocenters. The van der Waals surface area contributed by atoms with E-state index in [1.807, 2.05) is 6.92 Å². The Morgan fingerprint density at radius 2 is 2.16 bits per heavy atom. The van der Waals surface area contributed by atoms with Crippen LogP contribution in [0.15, 0.2) is 11.4 Å². The standard InChI is InChI=1S/C15H21NO2S/c1-11(2)6-7-12(3)16-15(18)13-9-14(19-10-13)5-4-8-17/h9-12,17H,6-8H2,1-3H3,(H,16,18). The van der Waals surface area contributed by atoms with Crippen LogP contribution in [0, 0.1) is 17.8 Å². The minimum absolute atomic E-state index is 0.0513. The Bertz CT molecular complexity index is 468. The number of aliphatic hydroxyl groups is 1. The molecule has 0 aromatic carbocycles. The van der Waals surface area contributed by atoms with E-state index in [0.717, 1.165) is 17.7 Å². The highest BCUT2D eigenvalue weighted by Crippen LogP contribution is 2.14. The maximum atomic E-state index is 12.0. The molecule has 0 aliphatic rings. The van der Waals surface area contributed by atoms with E-state index in [2.05, 4.69) is 31.0 Å². The fourth-order valence-corrected chi connectivity index (χ4v) is 2.37. The zero-order valence-electron chi connectivity index (χ0n) is 11.7. The van der Waals surface area contributed by atoms with Gasteiger partial charge in [-0.1, -0.05) is 25.7 Å². The van der Waals surface area contributed by atoms with Gasteiger partial charge in [0.25, 0.3) is 5.91 Å². The van der Waals surface area contributed by atoms with Gasteiger partial charge in [-0.15, -0.1) is 11.3 Å². The van der Waals surface area contributed by atoms with E-state index in [1.165, 1.54) is 11.3 Å². The van der Waals surface area contributed by atoms with Crippen molar-refractivity contribution in [1.82, 2.24) is 5.32 Å². The lowest BCUT2D eigenvalue weighted by molar-refractivity contribution is 0.0937. The summed E-state index contributed by atoms with van der Waals surface area (Å²) >= 11 is 1.42. The Hall–Kier alpha value is -1.31. The van der Waals surface area contributed by atoms with Gasteiger partial charge < -0.3 is 10.4 Å². The molecule has 1 rings (SSSR count). The van der Waals surface area contributed by atoms with Crippen LogP contribution in [0.3, 0.4) is 0 Å². The van der Waals surface area contributed by atoms with Crippen LogP contribution in [0.5, 0.6) is 0 Å². The van der Waals surface area contributed by atoms with Crippen LogP contribution in [-0.2, 0) is 0 Å². The first-order valence-electron chi connectivity index (χ1n) is 6.52. The predicted molar refractivity (Wildman–Crippen MR) is 79.3 cm³/mol. The Balaban J connectivity index is 2.51. The van der Waals surface area contributed by atoms with Gasteiger partial charge in [-0.25, -0.2) is 0 Å². The molecular formula is C15H21NO2S. The number of aliphatic hydroxyl groups excluding tert-OH is 1. The Kier molecular flexibility index (Phi) is 6.61. The maximum Gasteiger partial charge on any atom is 0.252 e. The number of amides is 1. The van der Waals surface area contributed by atoms with Crippen molar-refractivity contribution in [3.05, 3.63) is 21.9 Å². The van der Waals surface area contributed by atoms with Crippen LogP contribution >= 0.6 is 11.3 Å². The molecule has 19 heavy (non-hydrogen) atoms. The number of nitrogens with one attached hydrogen (secondary N) is 1. The molecule has 1 heterocycles. The summed E-state index contributed by atoms with van der Waals surface area (Å²) in [5, 5.41) is 13.4. The summed E-state index contributed by atoms with van der Waals surface area (Å²) in [4.78, 5) is 12.8. The highest BCUT2D eigenvalue weighted by atomic mass is 32.1. The second-order valence-electron chi connectivity index (χ2n) is 5.01. The minimum atomic E-state index is -0.161. The van der Waals surface area contributed by atoms with Crippen LogP contribution in [0.4, 0.5) is 0 Å². The Morgan fingerprint density at radius 1 is 1.42 bits per heavy atom. The summed E-state index contributed by atoms with van der Waals surface area (Å²) in [5.74, 6) is 5.98. The molecular weight excluding hydrogens is 258 g/mol. The molecule has 3 nitrogen and oxygen atoms in total. The number of hydrogen-bond acceptors (Lipinski definition) is 3. The van der Waals surface area contributed by atoms with E-state index in [9.17, 15) is 4.79 Å². The summed E-state index contributed by atoms with van der Waals surface area (Å²) in [6.45, 7) is 6.23. The summed E-state index contributed by atoms with van der Waals surface area (Å²) in [6.07, 6.45) is 2.10. The van der Waals surface area contributed by atoms with Gasteiger partial charge in [0.1, 0.15) is 6.61 Å². The minimum Gasteiger partial charge on any atom is -0.384 e. The van der Waals surface area contributed by atoms with Gasteiger partial charge in [0.15, 0.2) is 0 Å². The Labute approximate surface area is 119 Å². The maximum absolute atomic E-state index is 12.0. The van der Waals surface area contributed by atoms with Gasteiger partial charge in [0.2, 0.25) is 0 Å². The topological polar surface area (TPSA) is 49.3 Å². The van der Waals surface area contributed by atoms with Crippen LogP contribution < -0.4 is 5.32 Å². The summed E-state index contributed by atoms with van der Waals surface area (Å²) in [7, 11) is 0. The van der Waals surface area contributed by atoms with Crippen LogP contribution in [0.25, 0.3) is 0 Å². The first kappa shape index (κ1) is 15.7. The molecule has 0 bridgehead atoms. The number of hydrogen-bond donors (Lipinski definition) is 2. The van der Waals surface area contributed by atoms with Crippen molar-refractivity contribution in [2.75, 3.05) is 6.61 Å². The first-order chi connectivity index (χ1) is 9.02. The third-order valence-corrected chi connectivity index (χ3v) is 3.55. The largest absolute Gasteiger partial charge is 0.384 e. The highest BCUT2D eigenvalue weighted by Gasteiger charge is 2.11. The SMILES string of the molecule is CC(C)CCC(C)NC(=O)c1csc(C#CCO)c1. The van der Waals surface area contributed by atoms with Gasteiger partial charge in [-0.2, -0.15) is 0 Å². The number of rotatable bonds is 5. The number of thiophene rings is 1. The van der Waals surface area contributed by atoms with E-state index >= 15 is 0 Å². The lowest BCUT2D eigenvalue weighted by Gasteiger charge is -2.14. The first-order valence-corrected chi connectivity index (χ1v) is 7.40. The van der Waals surface area contributed by atoms with Crippen molar-refractivity contribution < 1.29 is 9.90 Å². The zero-order valence-corrected chi connectivity index (χ0v) is 12.5. The zero-order chi connectivity index (χ0) is 14.3. The molecule has 104 valence electrons. The van der Waals surface area contributed by atoms with Crippen molar-refractivity contribution in [1.29, 1.82) is 0 Å². The van der Waals surface area contributed by atoms with E-state index in [4.69, 9.17) is 5.11 Å². The van der Waals surface area contributed by atoms with E-state index in [1.54, 1.807) is 11.4 Å². The van der Waals surface area contributed by atoms with Crippen molar-refractivity contribution in [2.45, 2.75) is 39.7 Å². The molecule has 1 unspecified atom stereocenters. The fraction of sp³-hybridized carbons (Fsp3) is 0.533. The summed E-state index contributed by atoms with van der Waals surface area (Å²) in [5.41, 5.74) is 0.642. The molecule has 0 saturated heterocycles. The lowest BCUT2D eigenvalue weighted by Crippen LogP contribution is -2.32. The summed E-state index contributed by atoms with van der Waals surface area (Å²) in [6, 6.07) is 1.94. The fourth-order valence-electron chi connectivity index (χ4n) is 1.61. The lowest BCUT2D eigenvalue weighted by atomic mass is 10.0. The third kappa shape index (κ3) is 5.91. The van der Waals surface area contributed by atoms with Gasteiger partial charge >= 0.3 is 0 Å². The number of carbonyl (C=O) groups is 1. The molecule has 4 heteroatoms. The van der Waals surface area contributed by atoms with Gasteiger partial charge in [-0.3, -0.25) is 4.79 Å². The van der Waals surface area contributed by atoms with Gasteiger partial charge in [0.05, 0.1) is 10.4 Å². The molecule has 0 saturated carbocycles. The van der Waals surface area contributed by atoms with Crippen LogP contribution in [0.1, 0.15) is 48.8 Å². The van der Waals surface area contributed by atoms with Crippen molar-refractivity contribution in [3.63, 3.8) is 0 Å². The molecule has 0 aliphatic heterocycles. The van der Waals surface area contributed by atoms with Gasteiger partial charge in [0, 0.05) is 11.4 Å². The molecule has 0 aliphatic carbocycles. The normalized spacial score (nSPS) is 11.8. The predicted octanol–water partition coefficient (Wildman–Crippen LogP) is 2.65. The van der Waals surface area contributed by atoms with Gasteiger partial charge in [-0.05, 0) is 31.7 Å². The molecule has 1 aromatic rings. The second kappa shape index (κ2) is 7.98. The van der Waals surface area contributed by atoms with E-state index in [-0.39, 0.29) is 18.6 Å². The second-order valence-corrected chi connectivity index (χ2v) is 5.92. The highest BCUT2D eigenvalue weighted by molar-refractivity contribution is 7.10. The molecule has 0 radical (unpaired) electrons. The van der Waals surface area contributed by atoms with Crippen molar-refractivity contribution in [2.24, 2.45) is 5.92 Å². The van der Waals surface area contributed by atoms with E-state index < -0.39 is 0 Å². The van der Waals surface area contributed by atoms with Crippen LogP contribution in [-0.4, -0.2) is 23.7 Å². The average molecular weight is 279 g/mol. The molecule has 0 fully saturated rings. The third-order valence-electron chi connectivity index (χ3n) is 2.71. The molecule has 1 amide bonds.